The Morgan fingerprint density at radius 2 is 2.38 bits per heavy atom. The van der Waals surface area contributed by atoms with Gasteiger partial charge in [0, 0.05) is 18.3 Å². The van der Waals surface area contributed by atoms with E-state index in [0.29, 0.717) is 6.04 Å². The summed E-state index contributed by atoms with van der Waals surface area (Å²) in [5.74, 6) is 0. The monoisotopic (exact) mass is 177 g/mol. The molecule has 1 aromatic rings. The number of benzene rings is 1. The number of nitrogens with one attached hydrogen (secondary N) is 1. The maximum atomic E-state index is 8.82. The fraction of sp³-hybridized carbons (Fsp3) is 0.455. The molecule has 1 heterocycles. The van der Waals surface area contributed by atoms with Crippen molar-refractivity contribution in [1.82, 2.24) is 0 Å². The molecule has 2 nitrogen and oxygen atoms in total. The largest absolute Gasteiger partial charge is 0.396 e. The number of rotatable bonds is 2. The molecule has 1 unspecified atom stereocenters. The van der Waals surface area contributed by atoms with Gasteiger partial charge in [-0.2, -0.15) is 0 Å². The molecule has 1 aliphatic rings. The lowest BCUT2D eigenvalue weighted by Crippen LogP contribution is -2.16. The van der Waals surface area contributed by atoms with Crippen LogP contribution in [-0.2, 0) is 6.42 Å². The zero-order valence-corrected chi connectivity index (χ0v) is 7.88. The second-order valence-corrected chi connectivity index (χ2v) is 3.72. The maximum absolute atomic E-state index is 8.82. The summed E-state index contributed by atoms with van der Waals surface area (Å²) in [6, 6.07) is 6.90. The lowest BCUT2D eigenvalue weighted by atomic mass is 10.1. The summed E-state index contributed by atoms with van der Waals surface area (Å²) in [5.41, 5.74) is 3.94. The molecule has 0 fully saturated rings. The summed E-state index contributed by atoms with van der Waals surface area (Å²) in [5, 5.41) is 12.2. The van der Waals surface area contributed by atoms with Gasteiger partial charge in [0.1, 0.15) is 0 Å². The highest BCUT2D eigenvalue weighted by Gasteiger charge is 2.19. The van der Waals surface area contributed by atoms with Crippen molar-refractivity contribution in [2.75, 3.05) is 11.9 Å². The van der Waals surface area contributed by atoms with Crippen LogP contribution in [0.4, 0.5) is 5.69 Å². The van der Waals surface area contributed by atoms with Crippen molar-refractivity contribution in [2.45, 2.75) is 25.8 Å². The first-order valence-electron chi connectivity index (χ1n) is 4.76. The van der Waals surface area contributed by atoms with Crippen LogP contribution in [0.5, 0.6) is 0 Å². The van der Waals surface area contributed by atoms with Crippen LogP contribution >= 0.6 is 0 Å². The predicted octanol–water partition coefficient (Wildman–Crippen LogP) is 1.71. The van der Waals surface area contributed by atoms with Crippen LogP contribution in [0.15, 0.2) is 18.2 Å². The number of aliphatic hydroxyl groups is 1. The topological polar surface area (TPSA) is 32.3 Å². The Bertz CT molecular complexity index is 309. The van der Waals surface area contributed by atoms with E-state index >= 15 is 0 Å². The highest BCUT2D eigenvalue weighted by atomic mass is 16.3. The summed E-state index contributed by atoms with van der Waals surface area (Å²) >= 11 is 0. The highest BCUT2D eigenvalue weighted by Crippen LogP contribution is 2.27. The minimum atomic E-state index is 0.268. The van der Waals surface area contributed by atoms with Crippen LogP contribution < -0.4 is 5.32 Å². The first kappa shape index (κ1) is 8.57. The standard InChI is InChI=1S/C11H15NO/c1-8-2-3-11-9(6-8)7-10(12-11)4-5-13/h2-3,6,10,12-13H,4-5,7H2,1H3. The number of anilines is 1. The fourth-order valence-electron chi connectivity index (χ4n) is 1.90. The number of fused-ring (bicyclic) bond motifs is 1. The van der Waals surface area contributed by atoms with Gasteiger partial charge in [-0.15, -0.1) is 0 Å². The minimum Gasteiger partial charge on any atom is -0.396 e. The molecular formula is C11H15NO. The summed E-state index contributed by atoms with van der Waals surface area (Å²) in [7, 11) is 0. The van der Waals surface area contributed by atoms with Gasteiger partial charge in [0.15, 0.2) is 0 Å². The predicted molar refractivity (Wildman–Crippen MR) is 54.0 cm³/mol. The Morgan fingerprint density at radius 1 is 1.54 bits per heavy atom. The highest BCUT2D eigenvalue weighted by molar-refractivity contribution is 5.57. The van der Waals surface area contributed by atoms with Crippen molar-refractivity contribution in [2.24, 2.45) is 0 Å². The molecule has 2 N–H and O–H groups in total. The first-order chi connectivity index (χ1) is 6.29. The van der Waals surface area contributed by atoms with E-state index in [1.807, 2.05) is 0 Å². The molecule has 1 aromatic carbocycles. The van der Waals surface area contributed by atoms with Gasteiger partial charge in [0.05, 0.1) is 0 Å². The van der Waals surface area contributed by atoms with E-state index in [4.69, 9.17) is 5.11 Å². The van der Waals surface area contributed by atoms with E-state index in [1.54, 1.807) is 0 Å². The second-order valence-electron chi connectivity index (χ2n) is 3.72. The van der Waals surface area contributed by atoms with Crippen molar-refractivity contribution in [3.8, 4) is 0 Å². The van der Waals surface area contributed by atoms with Crippen molar-refractivity contribution >= 4 is 5.69 Å². The fourth-order valence-corrected chi connectivity index (χ4v) is 1.90. The third-order valence-corrected chi connectivity index (χ3v) is 2.56. The van der Waals surface area contributed by atoms with Gasteiger partial charge < -0.3 is 10.4 Å². The van der Waals surface area contributed by atoms with Crippen molar-refractivity contribution in [1.29, 1.82) is 0 Å². The van der Waals surface area contributed by atoms with Gasteiger partial charge in [-0.1, -0.05) is 17.7 Å². The van der Waals surface area contributed by atoms with E-state index in [2.05, 4.69) is 30.4 Å². The zero-order chi connectivity index (χ0) is 9.26. The molecule has 0 saturated heterocycles. The quantitative estimate of drug-likeness (QED) is 0.720. The van der Waals surface area contributed by atoms with E-state index in [0.717, 1.165) is 12.8 Å². The van der Waals surface area contributed by atoms with Crippen molar-refractivity contribution < 1.29 is 5.11 Å². The van der Waals surface area contributed by atoms with E-state index in [-0.39, 0.29) is 6.61 Å². The Hall–Kier alpha value is -1.02. The summed E-state index contributed by atoms with van der Waals surface area (Å²) in [6.07, 6.45) is 1.89. The van der Waals surface area contributed by atoms with Crippen molar-refractivity contribution in [3.63, 3.8) is 0 Å². The Kier molecular flexibility index (Phi) is 2.23. The average Bonchev–Trinajstić information content (AvgIpc) is 2.46. The molecule has 2 rings (SSSR count). The zero-order valence-electron chi connectivity index (χ0n) is 7.88. The van der Waals surface area contributed by atoms with E-state index in [1.165, 1.54) is 16.8 Å². The van der Waals surface area contributed by atoms with Crippen LogP contribution in [0.25, 0.3) is 0 Å². The molecule has 2 heteroatoms. The molecule has 0 aliphatic carbocycles. The molecule has 0 radical (unpaired) electrons. The summed E-state index contributed by atoms with van der Waals surface area (Å²) < 4.78 is 0. The molecule has 70 valence electrons. The van der Waals surface area contributed by atoms with Gasteiger partial charge in [-0.25, -0.2) is 0 Å². The van der Waals surface area contributed by atoms with Gasteiger partial charge in [-0.3, -0.25) is 0 Å². The van der Waals surface area contributed by atoms with Crippen molar-refractivity contribution in [3.05, 3.63) is 29.3 Å². The minimum absolute atomic E-state index is 0.268. The lowest BCUT2D eigenvalue weighted by molar-refractivity contribution is 0.280. The summed E-state index contributed by atoms with van der Waals surface area (Å²) in [4.78, 5) is 0. The average molecular weight is 177 g/mol. The van der Waals surface area contributed by atoms with Gasteiger partial charge in [-0.05, 0) is 31.4 Å². The molecule has 0 saturated carbocycles. The number of hydrogen-bond acceptors (Lipinski definition) is 2. The smallest absolute Gasteiger partial charge is 0.0450 e. The van der Waals surface area contributed by atoms with Crippen LogP contribution in [-0.4, -0.2) is 17.8 Å². The lowest BCUT2D eigenvalue weighted by Gasteiger charge is -2.07. The third kappa shape index (κ3) is 1.68. The Balaban J connectivity index is 2.16. The molecule has 0 spiro atoms. The molecular weight excluding hydrogens is 162 g/mol. The van der Waals surface area contributed by atoms with E-state index in [9.17, 15) is 0 Å². The third-order valence-electron chi connectivity index (χ3n) is 2.56. The first-order valence-corrected chi connectivity index (χ1v) is 4.76. The number of hydrogen-bond donors (Lipinski definition) is 2. The maximum Gasteiger partial charge on any atom is 0.0450 e. The Morgan fingerprint density at radius 3 is 3.15 bits per heavy atom. The molecule has 0 aromatic heterocycles. The van der Waals surface area contributed by atoms with Crippen LogP contribution in [0, 0.1) is 6.92 Å². The second kappa shape index (κ2) is 3.38. The van der Waals surface area contributed by atoms with Gasteiger partial charge in [0.2, 0.25) is 0 Å². The summed E-state index contributed by atoms with van der Waals surface area (Å²) in [6.45, 7) is 2.38. The number of aliphatic hydroxyl groups excluding tert-OH is 1. The Labute approximate surface area is 78.6 Å². The molecule has 1 atom stereocenters. The molecule has 0 amide bonds. The van der Waals surface area contributed by atoms with Gasteiger partial charge >= 0.3 is 0 Å². The van der Waals surface area contributed by atoms with Crippen LogP contribution in [0.1, 0.15) is 17.5 Å². The molecule has 13 heavy (non-hydrogen) atoms. The number of aryl methyl sites for hydroxylation is 1. The van der Waals surface area contributed by atoms with Crippen LogP contribution in [0.2, 0.25) is 0 Å². The molecule has 1 aliphatic heterocycles. The van der Waals surface area contributed by atoms with Gasteiger partial charge in [0.25, 0.3) is 0 Å². The SMILES string of the molecule is Cc1ccc2c(c1)CC(CCO)N2. The van der Waals surface area contributed by atoms with Crippen LogP contribution in [0.3, 0.4) is 0 Å². The molecule has 0 bridgehead atoms. The van der Waals surface area contributed by atoms with E-state index < -0.39 is 0 Å². The normalized spacial score (nSPS) is 19.7.